The van der Waals surface area contributed by atoms with Crippen molar-refractivity contribution in [2.45, 2.75) is 19.9 Å². The van der Waals surface area contributed by atoms with Crippen LogP contribution in [0.15, 0.2) is 24.3 Å². The number of benzene rings is 1. The number of carbonyl (C=O) groups is 1. The number of amides is 1. The summed E-state index contributed by atoms with van der Waals surface area (Å²) in [6.45, 7) is 2.82. The van der Waals surface area contributed by atoms with Gasteiger partial charge in [0.05, 0.1) is 0 Å². The molecule has 0 saturated carbocycles. The van der Waals surface area contributed by atoms with Crippen LogP contribution in [-0.4, -0.2) is 31.3 Å². The average Bonchev–Trinajstić information content (AvgIpc) is 2.44. The van der Waals surface area contributed by atoms with Gasteiger partial charge in [-0.05, 0) is 17.5 Å². The molecule has 0 aliphatic rings. The first-order valence-electron chi connectivity index (χ1n) is 6.60. The number of ether oxygens (including phenoxy) is 1. The Labute approximate surface area is 120 Å². The lowest BCUT2D eigenvalue weighted by molar-refractivity contribution is -0.122. The number of rotatable bonds is 6. The molecule has 108 valence electrons. The van der Waals surface area contributed by atoms with Crippen molar-refractivity contribution in [1.29, 1.82) is 0 Å². The van der Waals surface area contributed by atoms with Crippen LogP contribution in [0.3, 0.4) is 0 Å². The smallest absolute Gasteiger partial charge is 0.220 e. The van der Waals surface area contributed by atoms with Crippen LogP contribution < -0.4 is 5.32 Å². The second-order valence-corrected chi connectivity index (χ2v) is 4.66. The molecule has 0 fully saturated rings. The van der Waals surface area contributed by atoms with Crippen LogP contribution in [0.2, 0.25) is 0 Å². The lowest BCUT2D eigenvalue weighted by atomic mass is 10.1. The van der Waals surface area contributed by atoms with Gasteiger partial charge in [0.1, 0.15) is 6.61 Å². The van der Waals surface area contributed by atoms with Crippen LogP contribution >= 0.6 is 0 Å². The second-order valence-electron chi connectivity index (χ2n) is 4.66. The van der Waals surface area contributed by atoms with Crippen molar-refractivity contribution in [1.82, 2.24) is 5.32 Å². The molecule has 0 aliphatic heterocycles. The Morgan fingerprint density at radius 3 is 2.90 bits per heavy atom. The summed E-state index contributed by atoms with van der Waals surface area (Å²) in [5.41, 5.74) is 1.77. The molecule has 1 rings (SSSR count). The minimum atomic E-state index is -0.171. The van der Waals surface area contributed by atoms with Gasteiger partial charge in [-0.1, -0.05) is 37.0 Å². The summed E-state index contributed by atoms with van der Waals surface area (Å²) in [5.74, 6) is 5.69. The Morgan fingerprint density at radius 2 is 2.20 bits per heavy atom. The second kappa shape index (κ2) is 9.13. The first-order chi connectivity index (χ1) is 9.67. The van der Waals surface area contributed by atoms with Gasteiger partial charge in [-0.15, -0.1) is 0 Å². The zero-order valence-electron chi connectivity index (χ0n) is 12.0. The van der Waals surface area contributed by atoms with Gasteiger partial charge in [0.25, 0.3) is 0 Å². The van der Waals surface area contributed by atoms with Gasteiger partial charge in [-0.2, -0.15) is 0 Å². The summed E-state index contributed by atoms with van der Waals surface area (Å²) in [5, 5.41) is 11.6. The Balaban J connectivity index is 2.55. The number of aliphatic hydroxyl groups is 1. The van der Waals surface area contributed by atoms with E-state index in [9.17, 15) is 4.79 Å². The summed E-state index contributed by atoms with van der Waals surface area (Å²) < 4.78 is 5.01. The van der Waals surface area contributed by atoms with Gasteiger partial charge >= 0.3 is 0 Å². The van der Waals surface area contributed by atoms with Gasteiger partial charge < -0.3 is 15.2 Å². The Hall–Kier alpha value is -1.83. The number of carbonyl (C=O) groups excluding carboxylic acids is 1. The van der Waals surface area contributed by atoms with Gasteiger partial charge in [-0.25, -0.2) is 0 Å². The van der Waals surface area contributed by atoms with Crippen LogP contribution in [0.4, 0.5) is 0 Å². The van der Waals surface area contributed by atoms with Crippen LogP contribution in [0.1, 0.15) is 24.5 Å². The topological polar surface area (TPSA) is 58.6 Å². The molecular formula is C16H21NO3. The molecule has 0 heterocycles. The summed E-state index contributed by atoms with van der Waals surface area (Å²) in [6, 6.07) is 7.57. The number of hydrogen-bond donors (Lipinski definition) is 2. The summed E-state index contributed by atoms with van der Waals surface area (Å²) >= 11 is 0. The van der Waals surface area contributed by atoms with Crippen molar-refractivity contribution < 1.29 is 14.6 Å². The van der Waals surface area contributed by atoms with E-state index in [1.165, 1.54) is 0 Å². The van der Waals surface area contributed by atoms with E-state index in [0.29, 0.717) is 19.6 Å². The van der Waals surface area contributed by atoms with E-state index in [2.05, 4.69) is 17.2 Å². The zero-order chi connectivity index (χ0) is 14.8. The number of aliphatic hydroxyl groups excluding tert-OH is 1. The van der Waals surface area contributed by atoms with E-state index in [4.69, 9.17) is 9.84 Å². The van der Waals surface area contributed by atoms with Crippen molar-refractivity contribution in [2.75, 3.05) is 20.3 Å². The van der Waals surface area contributed by atoms with Gasteiger partial charge in [0, 0.05) is 32.2 Å². The maximum absolute atomic E-state index is 11.8. The maximum Gasteiger partial charge on any atom is 0.220 e. The molecule has 1 atom stereocenters. The fourth-order valence-electron chi connectivity index (χ4n) is 1.86. The summed E-state index contributed by atoms with van der Waals surface area (Å²) in [4.78, 5) is 11.8. The van der Waals surface area contributed by atoms with Crippen LogP contribution in [-0.2, 0) is 16.1 Å². The molecule has 4 heteroatoms. The molecule has 1 aromatic carbocycles. The summed E-state index contributed by atoms with van der Waals surface area (Å²) in [7, 11) is 1.63. The quantitative estimate of drug-likeness (QED) is 0.770. The predicted molar refractivity (Wildman–Crippen MR) is 77.9 cm³/mol. The minimum Gasteiger partial charge on any atom is -0.384 e. The molecule has 1 amide bonds. The molecule has 4 nitrogen and oxygen atoms in total. The highest BCUT2D eigenvalue weighted by Crippen LogP contribution is 2.08. The van der Waals surface area contributed by atoms with Crippen molar-refractivity contribution in [3.63, 3.8) is 0 Å². The average molecular weight is 275 g/mol. The van der Waals surface area contributed by atoms with E-state index in [1.807, 2.05) is 31.2 Å². The Morgan fingerprint density at radius 1 is 1.45 bits per heavy atom. The monoisotopic (exact) mass is 275 g/mol. The molecule has 20 heavy (non-hydrogen) atoms. The van der Waals surface area contributed by atoms with Crippen LogP contribution in [0.25, 0.3) is 0 Å². The normalized spacial score (nSPS) is 11.3. The molecule has 0 saturated heterocycles. The van der Waals surface area contributed by atoms with Crippen molar-refractivity contribution in [3.8, 4) is 11.8 Å². The van der Waals surface area contributed by atoms with Gasteiger partial charge in [0.15, 0.2) is 0 Å². The third-order valence-electron chi connectivity index (χ3n) is 2.78. The zero-order valence-corrected chi connectivity index (χ0v) is 12.0. The first kappa shape index (κ1) is 16.2. The van der Waals surface area contributed by atoms with E-state index >= 15 is 0 Å². The van der Waals surface area contributed by atoms with Crippen LogP contribution in [0, 0.1) is 17.8 Å². The molecule has 0 bridgehead atoms. The van der Waals surface area contributed by atoms with E-state index < -0.39 is 0 Å². The van der Waals surface area contributed by atoms with E-state index in [1.54, 1.807) is 7.11 Å². The standard InChI is InChI=1S/C16H21NO3/c1-13(12-20-2)10-16(19)17-11-15-7-4-3-6-14(15)8-5-9-18/h3-4,6-7,13,18H,9-12H2,1-2H3,(H,17,19). The number of methoxy groups -OCH3 is 1. The maximum atomic E-state index is 11.8. The van der Waals surface area contributed by atoms with Crippen molar-refractivity contribution in [2.24, 2.45) is 5.92 Å². The molecule has 0 aromatic heterocycles. The SMILES string of the molecule is COCC(C)CC(=O)NCc1ccccc1C#CCO. The lowest BCUT2D eigenvalue weighted by Crippen LogP contribution is -2.25. The lowest BCUT2D eigenvalue weighted by Gasteiger charge is -2.11. The fraction of sp³-hybridized carbons (Fsp3) is 0.438. The molecule has 2 N–H and O–H groups in total. The minimum absolute atomic E-state index is 0.000490. The van der Waals surface area contributed by atoms with E-state index in [0.717, 1.165) is 11.1 Å². The van der Waals surface area contributed by atoms with Crippen molar-refractivity contribution in [3.05, 3.63) is 35.4 Å². The van der Waals surface area contributed by atoms with Crippen molar-refractivity contribution >= 4 is 5.91 Å². The molecule has 0 radical (unpaired) electrons. The molecule has 1 aromatic rings. The Bertz CT molecular complexity index is 488. The van der Waals surface area contributed by atoms with Crippen LogP contribution in [0.5, 0.6) is 0 Å². The fourth-order valence-corrected chi connectivity index (χ4v) is 1.86. The highest BCUT2D eigenvalue weighted by molar-refractivity contribution is 5.76. The molecule has 1 unspecified atom stereocenters. The first-order valence-corrected chi connectivity index (χ1v) is 6.60. The van der Waals surface area contributed by atoms with Gasteiger partial charge in [0.2, 0.25) is 5.91 Å². The highest BCUT2D eigenvalue weighted by Gasteiger charge is 2.09. The molecular weight excluding hydrogens is 254 g/mol. The highest BCUT2D eigenvalue weighted by atomic mass is 16.5. The van der Waals surface area contributed by atoms with E-state index in [-0.39, 0.29) is 18.4 Å². The largest absolute Gasteiger partial charge is 0.384 e. The number of hydrogen-bond acceptors (Lipinski definition) is 3. The third-order valence-corrected chi connectivity index (χ3v) is 2.78. The summed E-state index contributed by atoms with van der Waals surface area (Å²) in [6.07, 6.45) is 0.443. The number of nitrogens with one attached hydrogen (secondary N) is 1. The molecule has 0 spiro atoms. The predicted octanol–water partition coefficient (Wildman–Crippen LogP) is 1.32. The molecule has 0 aliphatic carbocycles. The van der Waals surface area contributed by atoms with Gasteiger partial charge in [-0.3, -0.25) is 4.79 Å². The Kier molecular flexibility index (Phi) is 7.41. The third kappa shape index (κ3) is 5.87.